The molecule has 5 nitrogen and oxygen atoms in total. The second-order valence-corrected chi connectivity index (χ2v) is 9.09. The summed E-state index contributed by atoms with van der Waals surface area (Å²) in [5.41, 5.74) is 1.67. The van der Waals surface area contributed by atoms with Gasteiger partial charge < -0.3 is 4.52 Å². The number of nitrogens with zero attached hydrogens (tertiary/aromatic N) is 2. The van der Waals surface area contributed by atoms with Gasteiger partial charge in [0, 0.05) is 12.1 Å². The minimum Gasteiger partial charge on any atom is -0.355 e. The quantitative estimate of drug-likeness (QED) is 0.653. The molecular formula is C18H18N2O3S2. The van der Waals surface area contributed by atoms with E-state index in [1.165, 1.54) is 0 Å². The fourth-order valence-corrected chi connectivity index (χ4v) is 5.03. The van der Waals surface area contributed by atoms with Gasteiger partial charge in [0.25, 0.3) is 0 Å². The summed E-state index contributed by atoms with van der Waals surface area (Å²) in [5.74, 6) is 0.675. The van der Waals surface area contributed by atoms with Gasteiger partial charge in [-0.3, -0.25) is 0 Å². The molecule has 1 aliphatic rings. The van der Waals surface area contributed by atoms with Crippen molar-refractivity contribution < 1.29 is 12.9 Å². The Morgan fingerprint density at radius 2 is 2.00 bits per heavy atom. The fraction of sp³-hybridized carbons (Fsp3) is 0.278. The molecule has 3 aromatic rings. The second-order valence-electron chi connectivity index (χ2n) is 6.25. The molecule has 0 N–H and O–H groups in total. The summed E-state index contributed by atoms with van der Waals surface area (Å²) >= 11 is 1.57. The first-order valence-electron chi connectivity index (χ1n) is 8.12. The number of aromatic nitrogens is 1. The van der Waals surface area contributed by atoms with Crippen molar-refractivity contribution in [2.24, 2.45) is 0 Å². The van der Waals surface area contributed by atoms with Crippen LogP contribution in [-0.4, -0.2) is 23.9 Å². The Hall–Kier alpha value is -1.96. The number of rotatable bonds is 6. The molecule has 4 rings (SSSR count). The predicted octanol–water partition coefficient (Wildman–Crippen LogP) is 4.06. The van der Waals surface area contributed by atoms with E-state index in [1.54, 1.807) is 27.8 Å². The molecule has 2 heterocycles. The Bertz CT molecular complexity index is 956. The van der Waals surface area contributed by atoms with Crippen LogP contribution in [0.4, 0.5) is 0 Å². The van der Waals surface area contributed by atoms with Crippen molar-refractivity contribution in [1.29, 1.82) is 0 Å². The zero-order valence-corrected chi connectivity index (χ0v) is 15.4. The molecule has 0 spiro atoms. The average molecular weight is 374 g/mol. The fourth-order valence-electron chi connectivity index (χ4n) is 2.70. The van der Waals surface area contributed by atoms with E-state index in [0.717, 1.165) is 23.3 Å². The van der Waals surface area contributed by atoms with Crippen LogP contribution in [0.25, 0.3) is 10.6 Å². The molecule has 0 amide bonds. The number of aryl methyl sites for hydroxylation is 1. The van der Waals surface area contributed by atoms with Gasteiger partial charge in [-0.15, -0.1) is 11.3 Å². The number of hydrogen-bond donors (Lipinski definition) is 0. The first-order valence-corrected chi connectivity index (χ1v) is 10.4. The summed E-state index contributed by atoms with van der Waals surface area (Å²) in [4.78, 5) is 1.31. The maximum absolute atomic E-state index is 13.0. The normalized spacial score (nSPS) is 15.0. The lowest BCUT2D eigenvalue weighted by molar-refractivity contribution is 0.370. The molecule has 7 heteroatoms. The van der Waals surface area contributed by atoms with Crippen LogP contribution in [0.15, 0.2) is 57.3 Å². The van der Waals surface area contributed by atoms with Crippen molar-refractivity contribution in [3.8, 4) is 10.6 Å². The highest BCUT2D eigenvalue weighted by Gasteiger charge is 2.38. The molecular weight excluding hydrogens is 356 g/mol. The van der Waals surface area contributed by atoms with Crippen molar-refractivity contribution in [1.82, 2.24) is 9.46 Å². The van der Waals surface area contributed by atoms with Crippen LogP contribution < -0.4 is 0 Å². The molecule has 130 valence electrons. The minimum atomic E-state index is -3.54. The molecule has 2 aromatic heterocycles. The molecule has 0 saturated heterocycles. The smallest absolute Gasteiger partial charge is 0.243 e. The lowest BCUT2D eigenvalue weighted by atomic mass is 10.2. The lowest BCUT2D eigenvalue weighted by Crippen LogP contribution is -2.32. The summed E-state index contributed by atoms with van der Waals surface area (Å²) in [6.07, 6.45) is 1.78. The molecule has 0 bridgehead atoms. The molecule has 25 heavy (non-hydrogen) atoms. The molecule has 1 fully saturated rings. The first-order chi connectivity index (χ1) is 12.0. The summed E-state index contributed by atoms with van der Waals surface area (Å²) < 4.78 is 33.0. The Morgan fingerprint density at radius 1 is 1.24 bits per heavy atom. The predicted molar refractivity (Wildman–Crippen MR) is 96.7 cm³/mol. The van der Waals surface area contributed by atoms with Gasteiger partial charge in [-0.05, 0) is 43.3 Å². The molecule has 0 atom stereocenters. The monoisotopic (exact) mass is 374 g/mol. The van der Waals surface area contributed by atoms with Crippen molar-refractivity contribution in [3.05, 3.63) is 59.1 Å². The van der Waals surface area contributed by atoms with Crippen LogP contribution >= 0.6 is 11.3 Å². The zero-order chi connectivity index (χ0) is 17.4. The van der Waals surface area contributed by atoms with Crippen LogP contribution in [0.5, 0.6) is 0 Å². The number of benzene rings is 1. The number of hydrogen-bond acceptors (Lipinski definition) is 5. The summed E-state index contributed by atoms with van der Waals surface area (Å²) in [6.45, 7) is 2.17. The van der Waals surface area contributed by atoms with Crippen molar-refractivity contribution in [3.63, 3.8) is 0 Å². The summed E-state index contributed by atoms with van der Waals surface area (Å²) in [5, 5.41) is 6.04. The number of sulfonamides is 1. The van der Waals surface area contributed by atoms with Crippen LogP contribution in [0.3, 0.4) is 0 Å². The van der Waals surface area contributed by atoms with Gasteiger partial charge in [0.1, 0.15) is 0 Å². The topological polar surface area (TPSA) is 63.4 Å². The van der Waals surface area contributed by atoms with Crippen LogP contribution in [0.1, 0.15) is 24.1 Å². The summed E-state index contributed by atoms with van der Waals surface area (Å²) in [7, 11) is -3.54. The third kappa shape index (κ3) is 3.40. The van der Waals surface area contributed by atoms with E-state index in [1.807, 2.05) is 42.6 Å². The molecule has 0 unspecified atom stereocenters. The largest absolute Gasteiger partial charge is 0.355 e. The Morgan fingerprint density at radius 3 is 2.64 bits per heavy atom. The second kappa shape index (κ2) is 6.40. The standard InChI is InChI=1S/C18H18N2O3S2/c1-13-4-8-16(9-5-13)25(21,22)20(15-6-7-15)12-14-11-17(23-19-14)18-3-2-10-24-18/h2-5,8-11,15H,6-7,12H2,1H3. The number of thiophene rings is 1. The Labute approximate surface area is 150 Å². The Balaban J connectivity index is 1.61. The Kier molecular flexibility index (Phi) is 4.23. The van der Waals surface area contributed by atoms with E-state index in [2.05, 4.69) is 5.16 Å². The third-order valence-corrected chi connectivity index (χ3v) is 7.02. The van der Waals surface area contributed by atoms with E-state index >= 15 is 0 Å². The van der Waals surface area contributed by atoms with Crippen LogP contribution in [0, 0.1) is 6.92 Å². The van der Waals surface area contributed by atoms with E-state index in [9.17, 15) is 8.42 Å². The maximum atomic E-state index is 13.0. The van der Waals surface area contributed by atoms with Crippen LogP contribution in [-0.2, 0) is 16.6 Å². The highest BCUT2D eigenvalue weighted by molar-refractivity contribution is 7.89. The van der Waals surface area contributed by atoms with Gasteiger partial charge in [-0.1, -0.05) is 28.9 Å². The van der Waals surface area contributed by atoms with Gasteiger partial charge in [0.2, 0.25) is 10.0 Å². The zero-order valence-electron chi connectivity index (χ0n) is 13.8. The average Bonchev–Trinajstić information content (AvgIpc) is 3.09. The maximum Gasteiger partial charge on any atom is 0.243 e. The molecule has 0 aliphatic heterocycles. The molecule has 0 radical (unpaired) electrons. The highest BCUT2D eigenvalue weighted by atomic mass is 32.2. The van der Waals surface area contributed by atoms with E-state index in [0.29, 0.717) is 16.3 Å². The molecule has 1 aromatic carbocycles. The van der Waals surface area contributed by atoms with Crippen molar-refractivity contribution in [2.75, 3.05) is 0 Å². The third-order valence-electron chi connectivity index (χ3n) is 4.22. The van der Waals surface area contributed by atoms with E-state index < -0.39 is 10.0 Å². The van der Waals surface area contributed by atoms with E-state index in [4.69, 9.17) is 4.52 Å². The molecule has 1 aliphatic carbocycles. The molecule has 1 saturated carbocycles. The van der Waals surface area contributed by atoms with Gasteiger partial charge in [0.05, 0.1) is 22.0 Å². The van der Waals surface area contributed by atoms with Crippen molar-refractivity contribution in [2.45, 2.75) is 37.2 Å². The minimum absolute atomic E-state index is 0.0493. The highest BCUT2D eigenvalue weighted by Crippen LogP contribution is 2.34. The van der Waals surface area contributed by atoms with Gasteiger partial charge in [-0.25, -0.2) is 8.42 Å². The van der Waals surface area contributed by atoms with Gasteiger partial charge in [-0.2, -0.15) is 4.31 Å². The van der Waals surface area contributed by atoms with Gasteiger partial charge in [0.15, 0.2) is 5.76 Å². The SMILES string of the molecule is Cc1ccc(S(=O)(=O)N(Cc2cc(-c3cccs3)on2)C2CC2)cc1. The lowest BCUT2D eigenvalue weighted by Gasteiger charge is -2.20. The first kappa shape index (κ1) is 16.5. The van der Waals surface area contributed by atoms with Crippen molar-refractivity contribution >= 4 is 21.4 Å². The summed E-state index contributed by atoms with van der Waals surface area (Å²) in [6, 6.07) is 12.8. The van der Waals surface area contributed by atoms with Crippen LogP contribution in [0.2, 0.25) is 0 Å². The van der Waals surface area contributed by atoms with E-state index in [-0.39, 0.29) is 12.6 Å². The van der Waals surface area contributed by atoms with Gasteiger partial charge >= 0.3 is 0 Å².